The van der Waals surface area contributed by atoms with Crippen LogP contribution in [0, 0.1) is 35.5 Å². The maximum atomic E-state index is 15.8. The molecule has 0 saturated carbocycles. The highest BCUT2D eigenvalue weighted by atomic mass is 16.6. The van der Waals surface area contributed by atoms with Gasteiger partial charge < -0.3 is 55.2 Å². The summed E-state index contributed by atoms with van der Waals surface area (Å²) in [4.78, 5) is 155. The van der Waals surface area contributed by atoms with Crippen LogP contribution in [0.15, 0.2) is 67.0 Å². The topological polar surface area (TPSA) is 264 Å². The van der Waals surface area contributed by atoms with Gasteiger partial charge in [0.15, 0.2) is 12.1 Å². The summed E-state index contributed by atoms with van der Waals surface area (Å²) in [7, 11) is 5.70. The van der Waals surface area contributed by atoms with Crippen LogP contribution in [0.4, 0.5) is 5.82 Å². The lowest BCUT2D eigenvalue weighted by Crippen LogP contribution is -2.63. The first-order valence-corrected chi connectivity index (χ1v) is 33.7. The molecule has 0 aliphatic carbocycles. The molecule has 0 radical (unpaired) electrons. The SMILES string of the molecule is CC[C@H](C)[C@@H]1NC(=O)[C@@H]2CCCN2C(=O)[C@H](Cc2cccc(-c3cnc(N4CCC(C)CC4)cn3)c2)N(C)C(=O)[C@H](Cc2ccccc2)NC(=O)[C@H](C(C)C)N(C)C(=O)[C@@H]([C@@H](C)CC)OC(=O)[C@H](C(C)(C)O)N(C)C(=O)[C@H](CCC(C)C)NC(=O)[C@H](C(C)C)N(C)C1=O. The van der Waals surface area contributed by atoms with E-state index in [9.17, 15) is 19.5 Å². The molecule has 512 valence electrons. The van der Waals surface area contributed by atoms with E-state index in [1.54, 1.807) is 66.1 Å². The van der Waals surface area contributed by atoms with E-state index >= 15 is 28.8 Å². The Kier molecular flexibility index (Phi) is 26.5. The summed E-state index contributed by atoms with van der Waals surface area (Å²) in [5, 5.41) is 20.7. The van der Waals surface area contributed by atoms with Gasteiger partial charge >= 0.3 is 5.97 Å². The third kappa shape index (κ3) is 18.7. The second-order valence-electron chi connectivity index (χ2n) is 28.2. The number of amides is 8. The lowest BCUT2D eigenvalue weighted by atomic mass is 9.93. The first-order valence-electron chi connectivity index (χ1n) is 33.7. The molecular weight excluding hydrogens is 1180 g/mol. The number of benzene rings is 2. The normalized spacial score (nSPS) is 25.5. The van der Waals surface area contributed by atoms with Gasteiger partial charge in [0.05, 0.1) is 23.7 Å². The average molecular weight is 1290 g/mol. The van der Waals surface area contributed by atoms with Gasteiger partial charge in [0.1, 0.15) is 48.1 Å². The second-order valence-corrected chi connectivity index (χ2v) is 28.2. The largest absolute Gasteiger partial charge is 0.450 e. The summed E-state index contributed by atoms with van der Waals surface area (Å²) in [5.41, 5.74) is 0.656. The number of anilines is 1. The standard InChI is InChI=1S/C71H107N11O11/c1-18-46(10)57-68(89)78(15)58(43(5)6)63(84)74-51(31-30-42(3)4)65(86)80(17)61(71(12,13)92)70(91)93-60(47(11)19-2)69(90)79(16)59(44(7)8)64(85)75-52(38-48-25-21-20-22-26-48)66(87)77(14)55(67(88)82-34-24-29-54(82)62(83)76-57)39-49-27-23-28-50(37-49)53-40-73-56(41-72-53)81-35-32-45(9)33-36-81/h20-23,25-28,37,40-47,51-52,54-55,57-61,92H,18-19,24,29-36,38-39H2,1-17H3,(H,74,84)(H,75,85)(H,76,83)/t46-,47-,51-,52-,54-,55-,57-,58-,59-,60+,61+/m0/s1. The predicted octanol–water partition coefficient (Wildman–Crippen LogP) is 6.46. The van der Waals surface area contributed by atoms with Gasteiger partial charge in [-0.25, -0.2) is 9.78 Å². The third-order valence-electron chi connectivity index (χ3n) is 19.3. The predicted molar refractivity (Wildman–Crippen MR) is 358 cm³/mol. The van der Waals surface area contributed by atoms with Crippen LogP contribution >= 0.6 is 0 Å². The minimum atomic E-state index is -1.99. The van der Waals surface area contributed by atoms with Crippen LogP contribution in [0.3, 0.4) is 0 Å². The van der Waals surface area contributed by atoms with Gasteiger partial charge in [-0.15, -0.1) is 0 Å². The Morgan fingerprint density at radius 2 is 1.19 bits per heavy atom. The van der Waals surface area contributed by atoms with Crippen LogP contribution in [0.2, 0.25) is 0 Å². The highest BCUT2D eigenvalue weighted by Crippen LogP contribution is 2.30. The number of nitrogens with one attached hydrogen (secondary N) is 3. The summed E-state index contributed by atoms with van der Waals surface area (Å²) >= 11 is 0. The Morgan fingerprint density at radius 3 is 1.75 bits per heavy atom. The molecule has 93 heavy (non-hydrogen) atoms. The smallest absolute Gasteiger partial charge is 0.332 e. The number of nitrogens with zero attached hydrogens (tertiary/aromatic N) is 8. The van der Waals surface area contributed by atoms with Crippen molar-refractivity contribution in [3.05, 3.63) is 78.1 Å². The number of fused-ring (bicyclic) bond motifs is 1. The molecule has 22 nitrogen and oxygen atoms in total. The van der Waals surface area contributed by atoms with E-state index < -0.39 is 137 Å². The number of likely N-dealkylation sites (N-methyl/N-ethyl adjacent to an activating group) is 4. The van der Waals surface area contributed by atoms with Gasteiger partial charge in [0, 0.05) is 72.1 Å². The number of esters is 1. The number of hydrogen-bond donors (Lipinski definition) is 4. The molecule has 6 rings (SSSR count). The molecule has 4 heterocycles. The lowest BCUT2D eigenvalue weighted by Gasteiger charge is -2.39. The zero-order chi connectivity index (χ0) is 68.9. The Balaban J connectivity index is 1.51. The van der Waals surface area contributed by atoms with Crippen molar-refractivity contribution in [3.63, 3.8) is 0 Å². The van der Waals surface area contributed by atoms with Crippen LogP contribution in [-0.4, -0.2) is 201 Å². The molecule has 3 fully saturated rings. The van der Waals surface area contributed by atoms with Gasteiger partial charge in [-0.05, 0) is 106 Å². The van der Waals surface area contributed by atoms with Gasteiger partial charge in [-0.1, -0.05) is 131 Å². The van der Waals surface area contributed by atoms with Crippen LogP contribution in [0.25, 0.3) is 11.3 Å². The van der Waals surface area contributed by atoms with E-state index in [1.165, 1.54) is 61.6 Å². The first kappa shape index (κ1) is 74.5. The number of aromatic nitrogens is 2. The summed E-state index contributed by atoms with van der Waals surface area (Å²) in [6.45, 7) is 24.9. The Labute approximate surface area is 552 Å². The number of cyclic esters (lactones) is 1. The minimum Gasteiger partial charge on any atom is -0.450 e. The number of piperidine rings is 1. The number of hydrogen-bond acceptors (Lipinski definition) is 14. The summed E-state index contributed by atoms with van der Waals surface area (Å²) in [6, 6.07) is 6.17. The molecule has 3 aromatic rings. The fraction of sp³-hybridized carbons (Fsp3) is 0.648. The maximum absolute atomic E-state index is 15.8. The van der Waals surface area contributed by atoms with Crippen LogP contribution < -0.4 is 20.9 Å². The second kappa shape index (κ2) is 33.1. The minimum absolute atomic E-state index is 0.0389. The molecule has 3 aliphatic rings. The number of carbonyl (C=O) groups excluding carboxylic acids is 9. The zero-order valence-corrected chi connectivity index (χ0v) is 58.3. The zero-order valence-electron chi connectivity index (χ0n) is 58.3. The lowest BCUT2D eigenvalue weighted by molar-refractivity contribution is -0.177. The van der Waals surface area contributed by atoms with E-state index in [0.717, 1.165) is 42.2 Å². The number of rotatable bonds is 16. The maximum Gasteiger partial charge on any atom is 0.332 e. The number of carbonyl (C=O) groups is 9. The summed E-state index contributed by atoms with van der Waals surface area (Å²) in [6.07, 6.45) is 5.94. The molecule has 4 N–H and O–H groups in total. The van der Waals surface area contributed by atoms with E-state index in [2.05, 4.69) is 27.8 Å². The molecule has 2 aromatic carbocycles. The van der Waals surface area contributed by atoms with Gasteiger partial charge in [0.25, 0.3) is 5.91 Å². The fourth-order valence-electron chi connectivity index (χ4n) is 13.1. The molecule has 8 amide bonds. The van der Waals surface area contributed by atoms with Gasteiger partial charge in [-0.2, -0.15) is 0 Å². The number of aliphatic hydroxyl groups is 1. The van der Waals surface area contributed by atoms with Crippen molar-refractivity contribution in [2.75, 3.05) is 52.7 Å². The highest BCUT2D eigenvalue weighted by Gasteiger charge is 2.48. The summed E-state index contributed by atoms with van der Waals surface area (Å²) < 4.78 is 6.17. The van der Waals surface area contributed by atoms with E-state index in [0.29, 0.717) is 48.4 Å². The Bertz CT molecular complexity index is 3060. The molecule has 3 aliphatic heterocycles. The van der Waals surface area contributed by atoms with E-state index in [4.69, 9.17) is 14.7 Å². The van der Waals surface area contributed by atoms with Gasteiger partial charge in [-0.3, -0.25) is 43.3 Å². The molecule has 3 saturated heterocycles. The molecule has 11 atom stereocenters. The highest BCUT2D eigenvalue weighted by molar-refractivity contribution is 5.99. The van der Waals surface area contributed by atoms with Crippen molar-refractivity contribution in [2.24, 2.45) is 35.5 Å². The van der Waals surface area contributed by atoms with E-state index in [-0.39, 0.29) is 38.1 Å². The molecular formula is C71H107N11O11. The summed E-state index contributed by atoms with van der Waals surface area (Å²) in [5.74, 6) is -7.20. The van der Waals surface area contributed by atoms with Crippen LogP contribution in [-0.2, 0) is 60.7 Å². The Hall–Kier alpha value is -7.49. The average Bonchev–Trinajstić information content (AvgIpc) is 2.00. The number of ether oxygens (including phenoxy) is 1. The molecule has 0 unspecified atom stereocenters. The fourth-order valence-corrected chi connectivity index (χ4v) is 13.1. The third-order valence-corrected chi connectivity index (χ3v) is 19.3. The first-order chi connectivity index (χ1) is 43.8. The van der Waals surface area contributed by atoms with Crippen molar-refractivity contribution in [1.82, 2.24) is 50.4 Å². The molecule has 1 aromatic heterocycles. The van der Waals surface area contributed by atoms with Crippen molar-refractivity contribution in [1.29, 1.82) is 0 Å². The molecule has 0 bridgehead atoms. The van der Waals surface area contributed by atoms with Crippen molar-refractivity contribution >= 4 is 59.0 Å². The van der Waals surface area contributed by atoms with E-state index in [1.807, 2.05) is 70.2 Å². The van der Waals surface area contributed by atoms with Crippen molar-refractivity contribution in [3.8, 4) is 11.3 Å². The Morgan fingerprint density at radius 1 is 0.613 bits per heavy atom. The van der Waals surface area contributed by atoms with Crippen molar-refractivity contribution in [2.45, 2.75) is 214 Å². The van der Waals surface area contributed by atoms with Gasteiger partial charge in [0.2, 0.25) is 41.4 Å². The van der Waals surface area contributed by atoms with Crippen molar-refractivity contribution < 1.29 is 53.0 Å². The monoisotopic (exact) mass is 1290 g/mol. The van der Waals surface area contributed by atoms with Crippen LogP contribution in [0.1, 0.15) is 153 Å². The quantitative estimate of drug-likeness (QED) is 0.112. The molecule has 22 heteroatoms. The molecule has 0 spiro atoms. The van der Waals surface area contributed by atoms with Crippen LogP contribution in [0.5, 0.6) is 0 Å².